The van der Waals surface area contributed by atoms with Gasteiger partial charge in [-0.05, 0) is 44.0 Å². The maximum atomic E-state index is 11.5. The summed E-state index contributed by atoms with van der Waals surface area (Å²) in [6.07, 6.45) is 5.70. The number of carbonyl (C=O) groups excluding carboxylic acids is 2. The maximum absolute atomic E-state index is 11.5. The molecule has 0 fully saturated rings. The molecule has 0 aliphatic rings. The molecular formula is C19H22ClN3O3. The Labute approximate surface area is 157 Å². The third kappa shape index (κ3) is 6.04. The van der Waals surface area contributed by atoms with Gasteiger partial charge < -0.3 is 15.4 Å². The van der Waals surface area contributed by atoms with Crippen molar-refractivity contribution < 1.29 is 14.3 Å². The van der Waals surface area contributed by atoms with E-state index in [1.54, 1.807) is 6.20 Å². The van der Waals surface area contributed by atoms with Crippen LogP contribution < -0.4 is 10.6 Å². The average Bonchev–Trinajstić information content (AvgIpc) is 2.63. The molecule has 0 aliphatic carbocycles. The summed E-state index contributed by atoms with van der Waals surface area (Å²) in [7, 11) is 1.26. The smallest absolute Gasteiger partial charge is 0.330 e. The van der Waals surface area contributed by atoms with Crippen molar-refractivity contribution >= 4 is 40.1 Å². The van der Waals surface area contributed by atoms with E-state index in [4.69, 9.17) is 11.6 Å². The second-order valence-electron chi connectivity index (χ2n) is 5.86. The summed E-state index contributed by atoms with van der Waals surface area (Å²) in [6, 6.07) is 7.79. The lowest BCUT2D eigenvalue weighted by molar-refractivity contribution is -0.135. The number of aromatic nitrogens is 1. The minimum absolute atomic E-state index is 0.221. The summed E-state index contributed by atoms with van der Waals surface area (Å²) < 4.78 is 4.43. The molecule has 1 aromatic carbocycles. The van der Waals surface area contributed by atoms with Crippen LogP contribution in [0.4, 0.5) is 5.69 Å². The number of benzene rings is 1. The van der Waals surface area contributed by atoms with Gasteiger partial charge in [0.2, 0.25) is 5.91 Å². The third-order valence-corrected chi connectivity index (χ3v) is 4.03. The Kier molecular flexibility index (Phi) is 7.41. The minimum Gasteiger partial charge on any atom is -0.466 e. The number of hydrogen-bond donors (Lipinski definition) is 2. The van der Waals surface area contributed by atoms with Gasteiger partial charge in [-0.2, -0.15) is 0 Å². The van der Waals surface area contributed by atoms with Crippen LogP contribution in [0.1, 0.15) is 19.8 Å². The average molecular weight is 376 g/mol. The van der Waals surface area contributed by atoms with E-state index in [1.807, 2.05) is 24.3 Å². The number of halogens is 1. The molecule has 0 radical (unpaired) electrons. The Balaban J connectivity index is 1.79. The van der Waals surface area contributed by atoms with E-state index in [0.717, 1.165) is 35.5 Å². The molecule has 0 aliphatic heterocycles. The highest BCUT2D eigenvalue weighted by atomic mass is 35.5. The van der Waals surface area contributed by atoms with E-state index >= 15 is 0 Å². The van der Waals surface area contributed by atoms with Crippen LogP contribution in [0, 0.1) is 0 Å². The van der Waals surface area contributed by atoms with Gasteiger partial charge in [0, 0.05) is 47.0 Å². The van der Waals surface area contributed by atoms with Crippen LogP contribution in [-0.2, 0) is 14.3 Å². The van der Waals surface area contributed by atoms with E-state index in [1.165, 1.54) is 13.2 Å². The fourth-order valence-corrected chi connectivity index (χ4v) is 2.64. The number of nitrogens with one attached hydrogen (secondary N) is 2. The van der Waals surface area contributed by atoms with Gasteiger partial charge in [-0.15, -0.1) is 0 Å². The van der Waals surface area contributed by atoms with Crippen molar-refractivity contribution in [2.45, 2.75) is 25.8 Å². The topological polar surface area (TPSA) is 80.3 Å². The zero-order valence-electron chi connectivity index (χ0n) is 14.8. The van der Waals surface area contributed by atoms with Gasteiger partial charge in [-0.3, -0.25) is 9.78 Å². The van der Waals surface area contributed by atoms with Gasteiger partial charge >= 0.3 is 5.97 Å². The Morgan fingerprint density at radius 2 is 2.12 bits per heavy atom. The van der Waals surface area contributed by atoms with Crippen LogP contribution in [0.2, 0.25) is 5.02 Å². The van der Waals surface area contributed by atoms with Gasteiger partial charge in [0.05, 0.1) is 12.6 Å². The Morgan fingerprint density at radius 1 is 1.31 bits per heavy atom. The van der Waals surface area contributed by atoms with Gasteiger partial charge in [0.15, 0.2) is 0 Å². The second-order valence-corrected chi connectivity index (χ2v) is 6.29. The highest BCUT2D eigenvalue weighted by molar-refractivity contribution is 6.31. The lowest BCUT2D eigenvalue weighted by Gasteiger charge is -2.17. The van der Waals surface area contributed by atoms with Crippen LogP contribution in [0.15, 0.2) is 42.6 Å². The molecule has 2 N–H and O–H groups in total. The van der Waals surface area contributed by atoms with E-state index in [-0.39, 0.29) is 11.9 Å². The Hall–Kier alpha value is -2.60. The molecule has 1 unspecified atom stereocenters. The zero-order valence-corrected chi connectivity index (χ0v) is 15.5. The SMILES string of the molecule is COC(=O)C=CC(=O)NCCCC(C)Nc1ccnc2cc(Cl)ccc12. The first kappa shape index (κ1) is 19.7. The highest BCUT2D eigenvalue weighted by Gasteiger charge is 2.07. The zero-order chi connectivity index (χ0) is 18.9. The molecule has 0 bridgehead atoms. The van der Waals surface area contributed by atoms with Crippen LogP contribution in [0.5, 0.6) is 0 Å². The number of ether oxygens (including phenoxy) is 1. The number of anilines is 1. The lowest BCUT2D eigenvalue weighted by Crippen LogP contribution is -2.24. The summed E-state index contributed by atoms with van der Waals surface area (Å²) in [5, 5.41) is 7.88. The summed E-state index contributed by atoms with van der Waals surface area (Å²) in [6.45, 7) is 2.62. The quantitative estimate of drug-likeness (QED) is 0.420. The molecular weight excluding hydrogens is 354 g/mol. The minimum atomic E-state index is -0.552. The first-order valence-electron chi connectivity index (χ1n) is 8.34. The van der Waals surface area contributed by atoms with Crippen molar-refractivity contribution in [3.63, 3.8) is 0 Å². The molecule has 7 heteroatoms. The van der Waals surface area contributed by atoms with Crippen LogP contribution in [-0.4, -0.2) is 36.6 Å². The number of esters is 1. The molecule has 1 aromatic heterocycles. The number of fused-ring (bicyclic) bond motifs is 1. The van der Waals surface area contributed by atoms with Crippen LogP contribution in [0.25, 0.3) is 10.9 Å². The molecule has 138 valence electrons. The van der Waals surface area contributed by atoms with Crippen molar-refractivity contribution in [1.29, 1.82) is 0 Å². The predicted molar refractivity (Wildman–Crippen MR) is 103 cm³/mol. The van der Waals surface area contributed by atoms with E-state index in [9.17, 15) is 9.59 Å². The standard InChI is InChI=1S/C19H22ClN3O3/c1-13(4-3-10-22-18(24)7-8-19(25)26-2)23-16-9-11-21-17-12-14(20)5-6-15(16)17/h5-9,11-13H,3-4,10H2,1-2H3,(H,21,23)(H,22,24). The van der Waals surface area contributed by atoms with Crippen molar-refractivity contribution in [3.8, 4) is 0 Å². The van der Waals surface area contributed by atoms with E-state index < -0.39 is 5.97 Å². The van der Waals surface area contributed by atoms with E-state index in [0.29, 0.717) is 11.6 Å². The predicted octanol–water partition coefficient (Wildman–Crippen LogP) is 3.31. The molecule has 6 nitrogen and oxygen atoms in total. The van der Waals surface area contributed by atoms with Gasteiger partial charge in [0.25, 0.3) is 0 Å². The molecule has 2 aromatic rings. The van der Waals surface area contributed by atoms with Crippen molar-refractivity contribution in [2.75, 3.05) is 19.0 Å². The first-order valence-corrected chi connectivity index (χ1v) is 8.72. The summed E-state index contributed by atoms with van der Waals surface area (Å²) in [4.78, 5) is 26.8. The monoisotopic (exact) mass is 375 g/mol. The number of amides is 1. The van der Waals surface area contributed by atoms with Gasteiger partial charge in [-0.1, -0.05) is 11.6 Å². The maximum Gasteiger partial charge on any atom is 0.330 e. The summed E-state index contributed by atoms with van der Waals surface area (Å²) in [5.74, 6) is -0.864. The van der Waals surface area contributed by atoms with E-state index in [2.05, 4.69) is 27.3 Å². The summed E-state index contributed by atoms with van der Waals surface area (Å²) >= 11 is 6.01. The number of pyridine rings is 1. The molecule has 0 saturated carbocycles. The molecule has 26 heavy (non-hydrogen) atoms. The normalized spacial score (nSPS) is 12.1. The molecule has 1 atom stereocenters. The largest absolute Gasteiger partial charge is 0.466 e. The molecule has 0 saturated heterocycles. The highest BCUT2D eigenvalue weighted by Crippen LogP contribution is 2.25. The fraction of sp³-hybridized carbons (Fsp3) is 0.316. The second kappa shape index (κ2) is 9.77. The number of nitrogens with zero attached hydrogens (tertiary/aromatic N) is 1. The first-order chi connectivity index (χ1) is 12.5. The Morgan fingerprint density at radius 3 is 2.88 bits per heavy atom. The van der Waals surface area contributed by atoms with Crippen molar-refractivity contribution in [2.24, 2.45) is 0 Å². The van der Waals surface area contributed by atoms with Gasteiger partial charge in [0.1, 0.15) is 0 Å². The number of methoxy groups -OCH3 is 1. The number of carbonyl (C=O) groups is 2. The molecule has 1 amide bonds. The number of hydrogen-bond acceptors (Lipinski definition) is 5. The molecule has 0 spiro atoms. The third-order valence-electron chi connectivity index (χ3n) is 3.79. The lowest BCUT2D eigenvalue weighted by atomic mass is 10.1. The van der Waals surface area contributed by atoms with Crippen molar-refractivity contribution in [3.05, 3.63) is 47.6 Å². The number of rotatable bonds is 8. The molecule has 1 heterocycles. The summed E-state index contributed by atoms with van der Waals surface area (Å²) in [5.41, 5.74) is 1.85. The molecule has 2 rings (SSSR count). The van der Waals surface area contributed by atoms with Crippen LogP contribution in [0.3, 0.4) is 0 Å². The van der Waals surface area contributed by atoms with Crippen molar-refractivity contribution in [1.82, 2.24) is 10.3 Å². The van der Waals surface area contributed by atoms with Gasteiger partial charge in [-0.25, -0.2) is 4.79 Å². The Bertz CT molecular complexity index is 808. The van der Waals surface area contributed by atoms with Crippen LogP contribution >= 0.6 is 11.6 Å². The fourth-order valence-electron chi connectivity index (χ4n) is 2.48.